The van der Waals surface area contributed by atoms with E-state index in [1.54, 1.807) is 0 Å². The minimum Gasteiger partial charge on any atom is -0.461 e. The van der Waals surface area contributed by atoms with Crippen LogP contribution in [-0.2, 0) is 0 Å². The van der Waals surface area contributed by atoms with Crippen LogP contribution in [0.5, 0.6) is 6.01 Å². The van der Waals surface area contributed by atoms with E-state index in [0.717, 1.165) is 38.8 Å². The number of hydrogen-bond donors (Lipinski definition) is 1. The van der Waals surface area contributed by atoms with Gasteiger partial charge in [0.1, 0.15) is 17.9 Å². The van der Waals surface area contributed by atoms with Gasteiger partial charge in [-0.1, -0.05) is 11.6 Å². The van der Waals surface area contributed by atoms with Gasteiger partial charge in [-0.2, -0.15) is 9.97 Å². The Balaban J connectivity index is 1.44. The maximum absolute atomic E-state index is 14.8. The summed E-state index contributed by atoms with van der Waals surface area (Å²) in [5.41, 5.74) is 0.303. The molecule has 1 aliphatic carbocycles. The normalized spacial score (nSPS) is 22.0. The molecule has 9 heteroatoms. The molecular formula is C22H30ClFN6O. The van der Waals surface area contributed by atoms with Crippen LogP contribution < -0.4 is 10.1 Å². The number of fused-ring (bicyclic) bond motifs is 2. The first-order valence-electron chi connectivity index (χ1n) is 11.2. The summed E-state index contributed by atoms with van der Waals surface area (Å²) in [5, 5.41) is 3.76. The Morgan fingerprint density at radius 3 is 2.55 bits per heavy atom. The second-order valence-corrected chi connectivity index (χ2v) is 9.87. The molecule has 31 heavy (non-hydrogen) atoms. The Morgan fingerprint density at radius 1 is 1.16 bits per heavy atom. The molecule has 0 amide bonds. The van der Waals surface area contributed by atoms with Gasteiger partial charge in [-0.3, -0.25) is 4.90 Å². The molecule has 3 fully saturated rings. The van der Waals surface area contributed by atoms with Crippen molar-refractivity contribution < 1.29 is 9.13 Å². The Morgan fingerprint density at radius 2 is 1.90 bits per heavy atom. The summed E-state index contributed by atoms with van der Waals surface area (Å²) in [6, 6.07) is 0.191. The molecule has 168 valence electrons. The molecule has 0 unspecified atom stereocenters. The molecule has 2 aromatic heterocycles. The van der Waals surface area contributed by atoms with Gasteiger partial charge in [0.15, 0.2) is 11.0 Å². The molecular weight excluding hydrogens is 419 g/mol. The lowest BCUT2D eigenvalue weighted by Gasteiger charge is -2.47. The minimum atomic E-state index is -0.637. The first kappa shape index (κ1) is 21.1. The van der Waals surface area contributed by atoms with Gasteiger partial charge in [0.2, 0.25) is 0 Å². The zero-order chi connectivity index (χ0) is 21.6. The van der Waals surface area contributed by atoms with Gasteiger partial charge in [0.25, 0.3) is 0 Å². The standard InChI is InChI=1S/C22H30ClFN6O/c1-29(2)21(6-3-7-21)13-26-19-15-12-25-18(23)16(24)17(15)27-20(28-19)31-14-22-8-4-10-30(22)11-5-9-22/h12H,3-11,13-14H2,1-2H3,(H,26,27,28). The van der Waals surface area contributed by atoms with Crippen molar-refractivity contribution in [2.75, 3.05) is 45.7 Å². The van der Waals surface area contributed by atoms with E-state index in [2.05, 4.69) is 44.2 Å². The Kier molecular flexibility index (Phi) is 5.43. The number of ether oxygens (including phenoxy) is 1. The van der Waals surface area contributed by atoms with Gasteiger partial charge < -0.3 is 15.0 Å². The van der Waals surface area contributed by atoms with E-state index in [0.29, 0.717) is 24.4 Å². The van der Waals surface area contributed by atoms with Gasteiger partial charge >= 0.3 is 6.01 Å². The van der Waals surface area contributed by atoms with Crippen LogP contribution in [0.25, 0.3) is 10.9 Å². The lowest BCUT2D eigenvalue weighted by Crippen LogP contribution is -2.54. The molecule has 7 nitrogen and oxygen atoms in total. The highest BCUT2D eigenvalue weighted by atomic mass is 35.5. The second-order valence-electron chi connectivity index (χ2n) is 9.51. The Hall–Kier alpha value is -1.77. The largest absolute Gasteiger partial charge is 0.461 e. The van der Waals surface area contributed by atoms with Gasteiger partial charge in [-0.05, 0) is 72.1 Å². The number of hydrogen-bond acceptors (Lipinski definition) is 7. The SMILES string of the molecule is CN(C)C1(CNc2nc(OCC34CCCN3CCC4)nc3c(F)c(Cl)ncc23)CCC1. The van der Waals surface area contributed by atoms with Crippen LogP contribution in [0, 0.1) is 5.82 Å². The zero-order valence-corrected chi connectivity index (χ0v) is 19.0. The third kappa shape index (κ3) is 3.62. The molecule has 0 aromatic carbocycles. The molecule has 0 atom stereocenters. The molecule has 1 N–H and O–H groups in total. The molecule has 2 aliphatic heterocycles. The zero-order valence-electron chi connectivity index (χ0n) is 18.3. The highest BCUT2D eigenvalue weighted by Gasteiger charge is 2.45. The predicted octanol–water partition coefficient (Wildman–Crippen LogP) is 3.72. The summed E-state index contributed by atoms with van der Waals surface area (Å²) in [6.45, 7) is 3.49. The summed E-state index contributed by atoms with van der Waals surface area (Å²) in [6.07, 6.45) is 9.62. The number of pyridine rings is 1. The summed E-state index contributed by atoms with van der Waals surface area (Å²) in [5.74, 6) is -0.0923. The van der Waals surface area contributed by atoms with Gasteiger partial charge in [0.05, 0.1) is 10.9 Å². The van der Waals surface area contributed by atoms with Crippen molar-refractivity contribution in [3.8, 4) is 6.01 Å². The third-order valence-corrected chi connectivity index (χ3v) is 7.98. The van der Waals surface area contributed by atoms with Crippen LogP contribution in [0.3, 0.4) is 0 Å². The Labute approximate surface area is 187 Å². The maximum atomic E-state index is 14.8. The number of aromatic nitrogens is 3. The molecule has 0 radical (unpaired) electrons. The summed E-state index contributed by atoms with van der Waals surface area (Å²) >= 11 is 5.95. The highest BCUT2D eigenvalue weighted by molar-refractivity contribution is 6.30. The fourth-order valence-corrected chi connectivity index (χ4v) is 5.63. The van der Waals surface area contributed by atoms with E-state index in [1.807, 2.05) is 0 Å². The third-order valence-electron chi connectivity index (χ3n) is 7.72. The van der Waals surface area contributed by atoms with Gasteiger partial charge in [0, 0.05) is 18.3 Å². The van der Waals surface area contributed by atoms with E-state index in [-0.39, 0.29) is 27.8 Å². The maximum Gasteiger partial charge on any atom is 0.319 e. The second kappa shape index (κ2) is 7.98. The number of likely N-dealkylation sites (N-methyl/N-ethyl adjacent to an activating group) is 1. The minimum absolute atomic E-state index is 0.0707. The molecule has 4 heterocycles. The summed E-state index contributed by atoms with van der Waals surface area (Å²) in [4.78, 5) is 17.8. The van der Waals surface area contributed by atoms with Crippen LogP contribution in [0.15, 0.2) is 6.20 Å². The monoisotopic (exact) mass is 448 g/mol. The van der Waals surface area contributed by atoms with Crippen LogP contribution in [-0.4, -0.2) is 76.2 Å². The molecule has 0 spiro atoms. The highest BCUT2D eigenvalue weighted by Crippen LogP contribution is 2.40. The van der Waals surface area contributed by atoms with Crippen LogP contribution in [0.1, 0.15) is 44.9 Å². The topological polar surface area (TPSA) is 66.4 Å². The lowest BCUT2D eigenvalue weighted by atomic mass is 9.75. The average Bonchev–Trinajstić information content (AvgIpc) is 3.28. The van der Waals surface area contributed by atoms with E-state index in [4.69, 9.17) is 16.3 Å². The van der Waals surface area contributed by atoms with Crippen molar-refractivity contribution in [2.24, 2.45) is 0 Å². The molecule has 1 saturated carbocycles. The van der Waals surface area contributed by atoms with E-state index in [1.165, 1.54) is 25.5 Å². The van der Waals surface area contributed by atoms with Gasteiger partial charge in [-0.15, -0.1) is 0 Å². The molecule has 3 aliphatic rings. The summed E-state index contributed by atoms with van der Waals surface area (Å²) in [7, 11) is 4.20. The van der Waals surface area contributed by atoms with Crippen LogP contribution in [0.4, 0.5) is 10.2 Å². The van der Waals surface area contributed by atoms with Crippen molar-refractivity contribution in [2.45, 2.75) is 56.0 Å². The lowest BCUT2D eigenvalue weighted by molar-refractivity contribution is 0.0738. The average molecular weight is 449 g/mol. The molecule has 2 saturated heterocycles. The van der Waals surface area contributed by atoms with Gasteiger partial charge in [-0.25, -0.2) is 9.37 Å². The Bertz CT molecular complexity index is 972. The predicted molar refractivity (Wildman–Crippen MR) is 119 cm³/mol. The molecule has 2 aromatic rings. The van der Waals surface area contributed by atoms with Crippen LogP contribution in [0.2, 0.25) is 5.15 Å². The van der Waals surface area contributed by atoms with Crippen molar-refractivity contribution >= 4 is 28.3 Å². The first-order chi connectivity index (χ1) is 14.9. The van der Waals surface area contributed by atoms with Crippen molar-refractivity contribution in [3.63, 3.8) is 0 Å². The fraction of sp³-hybridized carbons (Fsp3) is 0.682. The number of halogens is 2. The number of anilines is 1. The fourth-order valence-electron chi connectivity index (χ4n) is 5.49. The number of nitrogens with zero attached hydrogens (tertiary/aromatic N) is 5. The van der Waals surface area contributed by atoms with Crippen molar-refractivity contribution in [1.82, 2.24) is 24.8 Å². The van der Waals surface area contributed by atoms with E-state index in [9.17, 15) is 4.39 Å². The van der Waals surface area contributed by atoms with Crippen molar-refractivity contribution in [3.05, 3.63) is 17.2 Å². The first-order valence-corrected chi connectivity index (χ1v) is 11.6. The summed E-state index contributed by atoms with van der Waals surface area (Å²) < 4.78 is 20.9. The smallest absolute Gasteiger partial charge is 0.319 e. The van der Waals surface area contributed by atoms with E-state index >= 15 is 0 Å². The number of rotatable bonds is 7. The molecule has 0 bridgehead atoms. The van der Waals surface area contributed by atoms with E-state index < -0.39 is 5.82 Å². The quantitative estimate of drug-likeness (QED) is 0.647. The molecule has 5 rings (SSSR count). The number of nitrogens with one attached hydrogen (secondary N) is 1. The van der Waals surface area contributed by atoms with Crippen molar-refractivity contribution in [1.29, 1.82) is 0 Å². The van der Waals surface area contributed by atoms with Crippen LogP contribution >= 0.6 is 11.6 Å².